The van der Waals surface area contributed by atoms with Gasteiger partial charge in [0, 0.05) is 120 Å². The van der Waals surface area contributed by atoms with Gasteiger partial charge in [0.2, 0.25) is 11.8 Å². The Kier molecular flexibility index (Phi) is 30.3. The molecule has 0 aliphatic carbocycles. The highest BCUT2D eigenvalue weighted by Gasteiger charge is 2.23. The van der Waals surface area contributed by atoms with Crippen LogP contribution in [0.4, 0.5) is 5.69 Å². The summed E-state index contributed by atoms with van der Waals surface area (Å²) in [5.41, 5.74) is 18.3. The van der Waals surface area contributed by atoms with Crippen molar-refractivity contribution in [2.45, 2.75) is 39.9 Å². The topological polar surface area (TPSA) is 324 Å². The molecule has 102 heavy (non-hydrogen) atoms. The number of rotatable bonds is 45. The van der Waals surface area contributed by atoms with Gasteiger partial charge in [-0.05, 0) is 124 Å². The average Bonchev–Trinajstić information content (AvgIpc) is 1.63. The fraction of sp³-hybridized carbons (Fsp3) is 0.419. The second kappa shape index (κ2) is 41.0. The number of hydrogen-bond donors (Lipinski definition) is 8. The molecule has 0 atom stereocenters. The third-order valence-electron chi connectivity index (χ3n) is 16.5. The van der Waals surface area contributed by atoms with Crippen molar-refractivity contribution < 1.29 is 57.6 Å². The van der Waals surface area contributed by atoms with Gasteiger partial charge in [-0.1, -0.05) is 24.3 Å². The fourth-order valence-corrected chi connectivity index (χ4v) is 11.0. The molecule has 0 spiro atoms. The van der Waals surface area contributed by atoms with Crippen molar-refractivity contribution in [3.05, 3.63) is 156 Å². The molecule has 3 aromatic carbocycles. The van der Waals surface area contributed by atoms with Crippen LogP contribution in [0.5, 0.6) is 5.75 Å². The number of carbonyl (C=O) groups is 3. The molecule has 7 heterocycles. The van der Waals surface area contributed by atoms with Gasteiger partial charge in [-0.2, -0.15) is 0 Å². The van der Waals surface area contributed by atoms with E-state index in [1.807, 2.05) is 116 Å². The molecule has 1 saturated heterocycles. The lowest BCUT2D eigenvalue weighted by Gasteiger charge is -2.34. The Labute approximate surface area is 593 Å². The van der Waals surface area contributed by atoms with Gasteiger partial charge in [0.05, 0.1) is 149 Å². The van der Waals surface area contributed by atoms with E-state index in [2.05, 4.69) is 79.7 Å². The number of hydroxylamine groups is 2. The van der Waals surface area contributed by atoms with E-state index in [1.165, 1.54) is 0 Å². The number of fused-ring (bicyclic) bond motifs is 2. The highest BCUT2D eigenvalue weighted by Crippen LogP contribution is 2.31. The van der Waals surface area contributed by atoms with Crippen LogP contribution in [-0.2, 0) is 60.9 Å². The van der Waals surface area contributed by atoms with Gasteiger partial charge in [-0.3, -0.25) is 34.0 Å². The summed E-state index contributed by atoms with van der Waals surface area (Å²) in [5, 5.41) is 18.8. The Morgan fingerprint density at radius 1 is 0.480 bits per heavy atom. The molecule has 1 aliphatic heterocycles. The molecule has 8 N–H and O–H groups in total. The van der Waals surface area contributed by atoms with Crippen LogP contribution in [0.3, 0.4) is 0 Å². The predicted octanol–water partition coefficient (Wildman–Crippen LogP) is 6.35. The number of hydrogen-bond acceptors (Lipinski definition) is 23. The average molecular weight is 1400 g/mol. The molecule has 28 nitrogen and oxygen atoms in total. The van der Waals surface area contributed by atoms with Crippen molar-refractivity contribution in [3.8, 4) is 51.3 Å². The van der Waals surface area contributed by atoms with Crippen molar-refractivity contribution in [1.82, 2.24) is 76.6 Å². The number of H-pyrrole nitrogens is 2. The maximum absolute atomic E-state index is 14.5. The summed E-state index contributed by atoms with van der Waals surface area (Å²) < 4.78 is 34.2. The number of ether oxygens (including phenoxy) is 6. The third-order valence-corrected chi connectivity index (χ3v) is 16.5. The van der Waals surface area contributed by atoms with E-state index in [0.717, 1.165) is 99.6 Å². The molecule has 0 bridgehead atoms. The van der Waals surface area contributed by atoms with Crippen LogP contribution in [-0.4, -0.2) is 237 Å². The summed E-state index contributed by atoms with van der Waals surface area (Å²) in [6.07, 6.45) is 0.297. The third kappa shape index (κ3) is 24.8. The van der Waals surface area contributed by atoms with E-state index in [1.54, 1.807) is 24.3 Å². The highest BCUT2D eigenvalue weighted by atomic mass is 16.7. The highest BCUT2D eigenvalue weighted by molar-refractivity contribution is 6.07. The van der Waals surface area contributed by atoms with E-state index in [4.69, 9.17) is 48.1 Å². The van der Waals surface area contributed by atoms with Crippen molar-refractivity contribution in [2.24, 2.45) is 0 Å². The molecular weight excluding hydrogens is 1300 g/mol. The number of pyridine rings is 4. The lowest BCUT2D eigenvalue weighted by Crippen LogP contribution is -2.44. The lowest BCUT2D eigenvalue weighted by atomic mass is 10.1. The van der Waals surface area contributed by atoms with Crippen LogP contribution in [0.25, 0.3) is 67.6 Å². The number of anilines is 1. The number of likely N-dealkylation sites (N-methyl/N-ethyl adjacent to an activating group) is 1. The van der Waals surface area contributed by atoms with Crippen LogP contribution in [0.1, 0.15) is 46.0 Å². The smallest absolute Gasteiger partial charge is 0.253 e. The molecule has 28 heteroatoms. The molecule has 6 aromatic heterocycles. The Morgan fingerprint density at radius 3 is 1.55 bits per heavy atom. The Balaban J connectivity index is 0.632. The van der Waals surface area contributed by atoms with Gasteiger partial charge in [-0.25, -0.2) is 30.9 Å². The molecule has 1 aliphatic rings. The van der Waals surface area contributed by atoms with Crippen molar-refractivity contribution in [3.63, 3.8) is 0 Å². The number of aromatic nitrogens is 8. The van der Waals surface area contributed by atoms with Gasteiger partial charge in [0.15, 0.2) is 0 Å². The van der Waals surface area contributed by atoms with E-state index in [-0.39, 0.29) is 56.1 Å². The zero-order chi connectivity index (χ0) is 70.9. The molecule has 0 saturated carbocycles. The number of aromatic hydroxyl groups is 1. The van der Waals surface area contributed by atoms with Crippen LogP contribution in [0.2, 0.25) is 0 Å². The number of aromatic amines is 2. The Morgan fingerprint density at radius 2 is 0.980 bits per heavy atom. The molecule has 0 unspecified atom stereocenters. The molecule has 10 rings (SSSR count). The number of benzene rings is 3. The number of nitrogens with one attached hydrogen (secondary N) is 7. The molecule has 542 valence electrons. The summed E-state index contributed by atoms with van der Waals surface area (Å²) in [5.74, 6) is 0.758. The summed E-state index contributed by atoms with van der Waals surface area (Å²) in [4.78, 5) is 93.6. The summed E-state index contributed by atoms with van der Waals surface area (Å²) in [6, 6.07) is 40.0. The second-order valence-corrected chi connectivity index (χ2v) is 24.3. The van der Waals surface area contributed by atoms with Crippen LogP contribution in [0, 0.1) is 13.8 Å². The van der Waals surface area contributed by atoms with Crippen LogP contribution < -0.4 is 31.8 Å². The standard InChI is InChI=1S/C74H94N16O12/c1-53-8-4-12-62(80-53)64-14-6-10-57(82-64)51-99-42-40-97-38-27-78-101-46-44-95-36-25-75-69(92)22-29-89(30-23-70(93)76-26-37-96-45-47-102-79-28-39-98-41-43-100-52-58-11-7-15-65(83-58)63-13-5-9-54(2)81-63)31-24-77-74(94)61-49-59(90-34-32-88(3)33-35-90)50-68-71(61)87-73(86-68)56-18-21-66-67(48-56)85-72(84-66)55-16-19-60(91)20-17-55/h4-21,48-50,78-79,91H,22-47,51-52H2,1-3H3,(H,75,92)(H,76,93)(H,77,94)(H,84,85)(H,86,87). The minimum Gasteiger partial charge on any atom is -0.508 e. The fourth-order valence-electron chi connectivity index (χ4n) is 11.0. The summed E-state index contributed by atoms with van der Waals surface area (Å²) in [7, 11) is 2.10. The number of phenols is 1. The van der Waals surface area contributed by atoms with E-state index < -0.39 is 0 Å². The number of carbonyl (C=O) groups excluding carboxylic acids is 3. The first-order chi connectivity index (χ1) is 50.0. The van der Waals surface area contributed by atoms with Crippen molar-refractivity contribution in [2.75, 3.05) is 170 Å². The Hall–Kier alpha value is -9.27. The van der Waals surface area contributed by atoms with Gasteiger partial charge >= 0.3 is 0 Å². The molecule has 0 radical (unpaired) electrons. The number of amides is 3. The van der Waals surface area contributed by atoms with Crippen molar-refractivity contribution in [1.29, 1.82) is 0 Å². The quantitative estimate of drug-likeness (QED) is 0.0152. The first-order valence-electron chi connectivity index (χ1n) is 34.7. The lowest BCUT2D eigenvalue weighted by molar-refractivity contribution is -0.121. The first kappa shape index (κ1) is 75.4. The number of phenolic OH excluding ortho intramolecular Hbond substituents is 1. The van der Waals surface area contributed by atoms with Gasteiger partial charge in [0.1, 0.15) is 22.9 Å². The minimum atomic E-state index is -0.305. The largest absolute Gasteiger partial charge is 0.508 e. The zero-order valence-corrected chi connectivity index (χ0v) is 58.4. The van der Waals surface area contributed by atoms with Crippen LogP contribution >= 0.6 is 0 Å². The minimum absolute atomic E-state index is 0.148. The summed E-state index contributed by atoms with van der Waals surface area (Å²) >= 11 is 0. The number of imidazole rings is 2. The number of piperazine rings is 1. The zero-order valence-electron chi connectivity index (χ0n) is 58.4. The maximum Gasteiger partial charge on any atom is 0.253 e. The summed E-state index contributed by atoms with van der Waals surface area (Å²) in [6.45, 7) is 15.1. The van der Waals surface area contributed by atoms with E-state index in [0.29, 0.717) is 153 Å². The number of nitrogens with zero attached hydrogens (tertiary/aromatic N) is 9. The van der Waals surface area contributed by atoms with Crippen LogP contribution in [0.15, 0.2) is 127 Å². The van der Waals surface area contributed by atoms with E-state index in [9.17, 15) is 19.5 Å². The molecule has 1 fully saturated rings. The predicted molar refractivity (Wildman–Crippen MR) is 387 cm³/mol. The second-order valence-electron chi connectivity index (χ2n) is 24.3. The molecular formula is C74H94N16O12. The normalized spacial score (nSPS) is 12.6. The first-order valence-corrected chi connectivity index (χ1v) is 34.7. The SMILES string of the molecule is Cc1cccc(-c2cccc(COCCOCCNOCCOCCNC(=O)CCN(CCNC(=O)c3cc(N4CCN(C)CC4)cc4[nH]c(-c5ccc6nc(-c7ccc(O)cc7)[nH]c6c5)nc34)CCC(=O)NCCOCCONCCOCCOCc3cccc(-c4cccc(C)n4)n3)n2)n1. The Bertz CT molecular complexity index is 3920. The van der Waals surface area contributed by atoms with Gasteiger partial charge < -0.3 is 74.1 Å². The van der Waals surface area contributed by atoms with Gasteiger partial charge in [0.25, 0.3) is 5.91 Å². The number of aryl methyl sites for hydroxylation is 2. The maximum atomic E-state index is 14.5. The monoisotopic (exact) mass is 1400 g/mol. The van der Waals surface area contributed by atoms with E-state index >= 15 is 0 Å². The van der Waals surface area contributed by atoms with Gasteiger partial charge in [-0.15, -0.1) is 0 Å². The molecule has 3 amide bonds. The van der Waals surface area contributed by atoms with Crippen molar-refractivity contribution >= 4 is 45.5 Å². The molecule has 9 aromatic rings.